The van der Waals surface area contributed by atoms with E-state index in [2.05, 4.69) is 54.5 Å². The molecule has 4 fully saturated rings. The van der Waals surface area contributed by atoms with Gasteiger partial charge in [0, 0.05) is 11.8 Å². The van der Waals surface area contributed by atoms with Crippen LogP contribution < -0.4 is 0 Å². The van der Waals surface area contributed by atoms with Gasteiger partial charge in [0.15, 0.2) is 0 Å². The summed E-state index contributed by atoms with van der Waals surface area (Å²) in [6, 6.07) is 0. The molecule has 5 aliphatic rings. The zero-order chi connectivity index (χ0) is 25.1. The number of aliphatic hydroxyl groups is 2. The van der Waals surface area contributed by atoms with E-state index in [1.807, 2.05) is 0 Å². The standard InChI is InChI=1S/C30H48O4/c1-25(2)14-15-30(24(33)34)13-10-19-27(5)11-8-18-26(3,4)22(31)16-23(32)29(18,7)20(27)9-12-28(19,6)21(30)17-25/h10,18,20-23,31-32H,8-9,11-17H2,1-7H3,(H,33,34)/t18?,20?,21?,22-,23+,27-,28+,29-,30?/m0/s1. The Morgan fingerprint density at radius 2 is 1.41 bits per heavy atom. The summed E-state index contributed by atoms with van der Waals surface area (Å²) in [6.07, 6.45) is 9.40. The number of fused-ring (bicyclic) bond motifs is 7. The van der Waals surface area contributed by atoms with Gasteiger partial charge in [-0.2, -0.15) is 0 Å². The van der Waals surface area contributed by atoms with Crippen molar-refractivity contribution >= 4 is 5.97 Å². The van der Waals surface area contributed by atoms with Crippen LogP contribution in [0.4, 0.5) is 0 Å². The first-order chi connectivity index (χ1) is 15.6. The highest BCUT2D eigenvalue weighted by molar-refractivity contribution is 5.76. The minimum Gasteiger partial charge on any atom is -0.481 e. The van der Waals surface area contributed by atoms with Crippen LogP contribution in [0.1, 0.15) is 106 Å². The van der Waals surface area contributed by atoms with E-state index in [1.54, 1.807) is 0 Å². The van der Waals surface area contributed by atoms with Crippen LogP contribution in [0.25, 0.3) is 0 Å². The quantitative estimate of drug-likeness (QED) is 0.397. The van der Waals surface area contributed by atoms with Crippen LogP contribution in [0.2, 0.25) is 0 Å². The summed E-state index contributed by atoms with van der Waals surface area (Å²) in [4.78, 5) is 12.8. The number of aliphatic hydroxyl groups excluding tert-OH is 2. The molecule has 9 atom stereocenters. The Labute approximate surface area is 206 Å². The van der Waals surface area contributed by atoms with Crippen molar-refractivity contribution < 1.29 is 20.1 Å². The molecule has 4 heteroatoms. The molecule has 5 aliphatic carbocycles. The number of aliphatic carboxylic acids is 1. The van der Waals surface area contributed by atoms with Crippen molar-refractivity contribution in [1.82, 2.24) is 0 Å². The predicted octanol–water partition coefficient (Wildman–Crippen LogP) is 6.20. The summed E-state index contributed by atoms with van der Waals surface area (Å²) in [5.41, 5.74) is 0.492. The van der Waals surface area contributed by atoms with Crippen molar-refractivity contribution in [2.75, 3.05) is 0 Å². The van der Waals surface area contributed by atoms with Gasteiger partial charge in [-0.25, -0.2) is 0 Å². The first kappa shape index (κ1) is 24.8. The van der Waals surface area contributed by atoms with Crippen LogP contribution in [0.3, 0.4) is 0 Å². The third-order valence-electron chi connectivity index (χ3n) is 12.9. The molecule has 0 spiro atoms. The highest BCUT2D eigenvalue weighted by Crippen LogP contribution is 2.75. The molecule has 192 valence electrons. The highest BCUT2D eigenvalue weighted by atomic mass is 16.4. The smallest absolute Gasteiger partial charge is 0.310 e. The highest BCUT2D eigenvalue weighted by Gasteiger charge is 2.70. The summed E-state index contributed by atoms with van der Waals surface area (Å²) in [6.45, 7) is 16.2. The van der Waals surface area contributed by atoms with Gasteiger partial charge in [0.25, 0.3) is 0 Å². The van der Waals surface area contributed by atoms with Gasteiger partial charge in [0.05, 0.1) is 17.6 Å². The number of hydrogen-bond donors (Lipinski definition) is 3. The maximum atomic E-state index is 12.8. The van der Waals surface area contributed by atoms with E-state index in [9.17, 15) is 20.1 Å². The number of rotatable bonds is 1. The van der Waals surface area contributed by atoms with E-state index >= 15 is 0 Å². The Hall–Kier alpha value is -0.870. The van der Waals surface area contributed by atoms with Crippen molar-refractivity contribution in [2.45, 2.75) is 118 Å². The molecule has 5 rings (SSSR count). The van der Waals surface area contributed by atoms with Gasteiger partial charge in [-0.15, -0.1) is 0 Å². The fourth-order valence-corrected chi connectivity index (χ4v) is 10.8. The molecule has 4 saturated carbocycles. The first-order valence-electron chi connectivity index (χ1n) is 13.9. The van der Waals surface area contributed by atoms with Crippen molar-refractivity contribution in [2.24, 2.45) is 50.2 Å². The molecule has 4 nitrogen and oxygen atoms in total. The number of carboxylic acids is 1. The molecular formula is C30H48O4. The Morgan fingerprint density at radius 3 is 2.03 bits per heavy atom. The average molecular weight is 473 g/mol. The number of hydrogen-bond acceptors (Lipinski definition) is 3. The molecular weight excluding hydrogens is 424 g/mol. The molecule has 0 saturated heterocycles. The maximum Gasteiger partial charge on any atom is 0.310 e. The van der Waals surface area contributed by atoms with Gasteiger partial charge in [-0.3, -0.25) is 4.79 Å². The molecule has 3 N–H and O–H groups in total. The van der Waals surface area contributed by atoms with Crippen LogP contribution >= 0.6 is 0 Å². The summed E-state index contributed by atoms with van der Waals surface area (Å²) >= 11 is 0. The summed E-state index contributed by atoms with van der Waals surface area (Å²) in [7, 11) is 0. The van der Waals surface area contributed by atoms with Gasteiger partial charge in [0.1, 0.15) is 0 Å². The lowest BCUT2D eigenvalue weighted by atomic mass is 9.34. The molecule has 0 radical (unpaired) electrons. The van der Waals surface area contributed by atoms with Gasteiger partial charge in [0.2, 0.25) is 0 Å². The third-order valence-corrected chi connectivity index (χ3v) is 12.9. The monoisotopic (exact) mass is 472 g/mol. The average Bonchev–Trinajstić information content (AvgIpc) is 2.72. The van der Waals surface area contributed by atoms with Gasteiger partial charge < -0.3 is 15.3 Å². The number of carboxylic acid groups (broad SMARTS) is 1. The molecule has 0 aromatic carbocycles. The topological polar surface area (TPSA) is 77.8 Å². The second-order valence-electron chi connectivity index (χ2n) is 15.2. The Kier molecular flexibility index (Phi) is 5.20. The van der Waals surface area contributed by atoms with E-state index in [1.165, 1.54) is 5.57 Å². The molecule has 0 aromatic heterocycles. The molecule has 0 bridgehead atoms. The van der Waals surface area contributed by atoms with Crippen LogP contribution in [-0.2, 0) is 4.79 Å². The Balaban J connectivity index is 1.61. The lowest BCUT2D eigenvalue weighted by Gasteiger charge is -2.70. The van der Waals surface area contributed by atoms with Gasteiger partial charge >= 0.3 is 5.97 Å². The van der Waals surface area contributed by atoms with Crippen molar-refractivity contribution in [1.29, 1.82) is 0 Å². The largest absolute Gasteiger partial charge is 0.481 e. The minimum atomic E-state index is -0.630. The second kappa shape index (κ2) is 7.12. The summed E-state index contributed by atoms with van der Waals surface area (Å²) < 4.78 is 0. The molecule has 34 heavy (non-hydrogen) atoms. The van der Waals surface area contributed by atoms with Crippen molar-refractivity contribution in [3.05, 3.63) is 11.6 Å². The van der Waals surface area contributed by atoms with Crippen LogP contribution in [0.5, 0.6) is 0 Å². The SMILES string of the molecule is CC1(C)CCC2(C(=O)O)CC=C3[C@]4(C)CCC5C(C)(C)[C@@H](O)C[C@@H](O)[C@]5(C)C4CC[C@@]3(C)C2C1. The van der Waals surface area contributed by atoms with Crippen molar-refractivity contribution in [3.8, 4) is 0 Å². The molecule has 0 aromatic rings. The molecule has 0 heterocycles. The van der Waals surface area contributed by atoms with Crippen LogP contribution in [-0.4, -0.2) is 33.5 Å². The molecule has 0 aliphatic heterocycles. The number of allylic oxidation sites excluding steroid dienone is 2. The maximum absolute atomic E-state index is 12.8. The fraction of sp³-hybridized carbons (Fsp3) is 0.900. The van der Waals surface area contributed by atoms with E-state index in [-0.39, 0.29) is 38.9 Å². The minimum absolute atomic E-state index is 0.0240. The third kappa shape index (κ3) is 2.88. The lowest BCUT2D eigenvalue weighted by molar-refractivity contribution is -0.230. The van der Waals surface area contributed by atoms with Crippen LogP contribution in [0, 0.1) is 50.2 Å². The molecule has 4 unspecified atom stereocenters. The predicted molar refractivity (Wildman–Crippen MR) is 134 cm³/mol. The zero-order valence-corrected chi connectivity index (χ0v) is 22.6. The zero-order valence-electron chi connectivity index (χ0n) is 22.6. The lowest BCUT2D eigenvalue weighted by Crippen LogP contribution is -2.67. The molecule has 0 amide bonds. The Bertz CT molecular complexity index is 919. The van der Waals surface area contributed by atoms with Gasteiger partial charge in [-0.1, -0.05) is 60.1 Å². The fourth-order valence-electron chi connectivity index (χ4n) is 10.8. The summed E-state index contributed by atoms with van der Waals surface area (Å²) in [5.74, 6) is 0.218. The normalized spacial score (nSPS) is 53.4. The first-order valence-corrected chi connectivity index (χ1v) is 13.9. The van der Waals surface area contributed by atoms with E-state index in [4.69, 9.17) is 0 Å². The van der Waals surface area contributed by atoms with Crippen molar-refractivity contribution in [3.63, 3.8) is 0 Å². The second-order valence-corrected chi connectivity index (χ2v) is 15.2. The Morgan fingerprint density at radius 1 is 0.824 bits per heavy atom. The van der Waals surface area contributed by atoms with E-state index in [0.29, 0.717) is 18.8 Å². The summed E-state index contributed by atoms with van der Waals surface area (Å²) in [5, 5.41) is 32.9. The van der Waals surface area contributed by atoms with E-state index in [0.717, 1.165) is 44.9 Å². The van der Waals surface area contributed by atoms with Gasteiger partial charge in [-0.05, 0) is 90.8 Å². The number of carbonyl (C=O) groups is 1. The van der Waals surface area contributed by atoms with E-state index < -0.39 is 23.6 Å². The van der Waals surface area contributed by atoms with Crippen LogP contribution in [0.15, 0.2) is 11.6 Å².